The lowest BCUT2D eigenvalue weighted by molar-refractivity contribution is -0.895. The Morgan fingerprint density at radius 3 is 1.15 bits per heavy atom. The lowest BCUT2D eigenvalue weighted by Gasteiger charge is -2.26. The van der Waals surface area contributed by atoms with E-state index in [2.05, 4.69) is 27.9 Å². The van der Waals surface area contributed by atoms with Crippen LogP contribution in [0.2, 0.25) is 0 Å². The Bertz CT molecular complexity index is 1070. The lowest BCUT2D eigenvalue weighted by Crippen LogP contribution is -2.40. The van der Waals surface area contributed by atoms with Crippen LogP contribution in [0.3, 0.4) is 0 Å². The molecule has 0 aromatic heterocycles. The average Bonchev–Trinajstić information content (AvgIpc) is 3.42. The Balaban J connectivity index is 0.000000210. The zero-order valence-corrected chi connectivity index (χ0v) is 22.3. The highest BCUT2D eigenvalue weighted by molar-refractivity contribution is 7.86. The first-order valence-electron chi connectivity index (χ1n) is 11.9. The van der Waals surface area contributed by atoms with Crippen molar-refractivity contribution in [3.8, 4) is 0 Å². The van der Waals surface area contributed by atoms with Gasteiger partial charge in [-0.2, -0.15) is 0 Å². The topological polar surface area (TPSA) is 114 Å². The maximum Gasteiger partial charge on any atom is 0.125 e. The van der Waals surface area contributed by atoms with Crippen molar-refractivity contribution in [2.24, 2.45) is 0 Å². The highest BCUT2D eigenvalue weighted by Crippen LogP contribution is 2.28. The van der Waals surface area contributed by atoms with Crippen LogP contribution in [0.5, 0.6) is 0 Å². The third-order valence-corrected chi connectivity index (χ3v) is 8.99. The fourth-order valence-electron chi connectivity index (χ4n) is 4.52. The molecule has 2 heterocycles. The zero-order chi connectivity index (χ0) is 25.6. The number of rotatable bonds is 4. The number of likely N-dealkylation sites (tertiary alicyclic amines) is 2. The quantitative estimate of drug-likeness (QED) is 0.457. The van der Waals surface area contributed by atoms with E-state index < -0.39 is 30.0 Å². The number of benzene rings is 2. The standard InChI is InChI=1S/C10H8O6S2.2C7H16N/c11-17(12,13)9-5-1-3-7-8(9)4-2-6-10(7)18(14,15)16;2*1-3-8(2)6-4-5-7-8/h1-6H,(H,11,12,13)(H,14,15,16);2*3-7H2,1-2H3/q;2*+1/p-2. The van der Waals surface area contributed by atoms with Gasteiger partial charge in [0.15, 0.2) is 0 Å². The van der Waals surface area contributed by atoms with Gasteiger partial charge >= 0.3 is 0 Å². The van der Waals surface area contributed by atoms with Gasteiger partial charge in [0.1, 0.15) is 20.2 Å². The van der Waals surface area contributed by atoms with Gasteiger partial charge < -0.3 is 18.1 Å². The molecule has 0 radical (unpaired) electrons. The Morgan fingerprint density at radius 2 is 0.941 bits per heavy atom. The van der Waals surface area contributed by atoms with Crippen molar-refractivity contribution < 1.29 is 34.9 Å². The molecule has 2 aromatic carbocycles. The van der Waals surface area contributed by atoms with Gasteiger partial charge in [0.05, 0.1) is 63.2 Å². The minimum absolute atomic E-state index is 0.0792. The van der Waals surface area contributed by atoms with Gasteiger partial charge in [-0.05, 0) is 26.0 Å². The van der Waals surface area contributed by atoms with Crippen LogP contribution in [0, 0.1) is 0 Å². The van der Waals surface area contributed by atoms with Crippen LogP contribution >= 0.6 is 0 Å². The first kappa shape index (κ1) is 28.7. The van der Waals surface area contributed by atoms with E-state index >= 15 is 0 Å². The number of hydrogen-bond acceptors (Lipinski definition) is 6. The molecule has 10 heteroatoms. The van der Waals surface area contributed by atoms with E-state index in [9.17, 15) is 25.9 Å². The van der Waals surface area contributed by atoms with E-state index in [1.165, 1.54) is 98.2 Å². The van der Waals surface area contributed by atoms with Crippen molar-refractivity contribution >= 4 is 31.0 Å². The largest absolute Gasteiger partial charge is 0.744 e. The van der Waals surface area contributed by atoms with Gasteiger partial charge in [0.25, 0.3) is 0 Å². The lowest BCUT2D eigenvalue weighted by atomic mass is 10.1. The molecule has 2 aliphatic heterocycles. The molecule has 192 valence electrons. The summed E-state index contributed by atoms with van der Waals surface area (Å²) in [6.45, 7) is 12.9. The monoisotopic (exact) mass is 514 g/mol. The summed E-state index contributed by atoms with van der Waals surface area (Å²) in [4.78, 5) is -1.10. The molecule has 0 unspecified atom stereocenters. The van der Waals surface area contributed by atoms with Crippen LogP contribution in [0.25, 0.3) is 10.8 Å². The second-order valence-corrected chi connectivity index (χ2v) is 12.4. The molecule has 0 atom stereocenters. The van der Waals surface area contributed by atoms with E-state index in [1.54, 1.807) is 0 Å². The van der Waals surface area contributed by atoms with Crippen molar-refractivity contribution in [3.05, 3.63) is 36.4 Å². The summed E-state index contributed by atoms with van der Waals surface area (Å²) in [5.74, 6) is 0. The molecule has 34 heavy (non-hydrogen) atoms. The Labute approximate surface area is 204 Å². The van der Waals surface area contributed by atoms with Gasteiger partial charge in [-0.15, -0.1) is 0 Å². The summed E-state index contributed by atoms with van der Waals surface area (Å²) in [6.07, 6.45) is 5.80. The minimum Gasteiger partial charge on any atom is -0.744 e. The van der Waals surface area contributed by atoms with Crippen molar-refractivity contribution in [1.29, 1.82) is 0 Å². The molecule has 2 aromatic rings. The molecular weight excluding hydrogens is 476 g/mol. The van der Waals surface area contributed by atoms with Crippen LogP contribution < -0.4 is 0 Å². The van der Waals surface area contributed by atoms with Gasteiger partial charge in [0.2, 0.25) is 0 Å². The minimum atomic E-state index is -4.74. The molecular formula is C24H38N2O6S2. The Hall–Kier alpha value is -1.56. The number of quaternary nitrogens is 2. The first-order chi connectivity index (χ1) is 15.7. The first-order valence-corrected chi connectivity index (χ1v) is 14.7. The number of nitrogens with zero attached hydrogens (tertiary/aromatic N) is 2. The molecule has 0 N–H and O–H groups in total. The molecule has 2 fully saturated rings. The van der Waals surface area contributed by atoms with Crippen LogP contribution in [-0.2, 0) is 20.2 Å². The van der Waals surface area contributed by atoms with E-state index in [4.69, 9.17) is 0 Å². The third kappa shape index (κ3) is 7.73. The molecule has 2 aliphatic rings. The fraction of sp³-hybridized carbons (Fsp3) is 0.583. The fourth-order valence-corrected chi connectivity index (χ4v) is 5.90. The zero-order valence-electron chi connectivity index (χ0n) is 20.7. The van der Waals surface area contributed by atoms with Crippen LogP contribution in [0.4, 0.5) is 0 Å². The summed E-state index contributed by atoms with van der Waals surface area (Å²) in [5, 5.41) is -0.158. The number of fused-ring (bicyclic) bond motifs is 1. The van der Waals surface area contributed by atoms with Crippen LogP contribution in [-0.4, -0.2) is 88.3 Å². The Morgan fingerprint density at radius 1 is 0.647 bits per heavy atom. The molecule has 8 nitrogen and oxygen atoms in total. The SMILES string of the molecule is CC[N+]1(C)CCCC1.CC[N+]1(C)CCCC1.O=S(=O)([O-])c1cccc2c(S(=O)(=O)[O-])cccc12. The highest BCUT2D eigenvalue weighted by Gasteiger charge is 2.24. The van der Waals surface area contributed by atoms with Crippen molar-refractivity contribution in [2.75, 3.05) is 53.4 Å². The predicted molar refractivity (Wildman–Crippen MR) is 131 cm³/mol. The molecule has 0 saturated carbocycles. The van der Waals surface area contributed by atoms with Gasteiger partial charge in [-0.1, -0.05) is 24.3 Å². The maximum atomic E-state index is 11.0. The predicted octanol–water partition coefficient (Wildman–Crippen LogP) is 3.14. The van der Waals surface area contributed by atoms with Gasteiger partial charge in [-0.3, -0.25) is 0 Å². The normalized spacial score (nSPS) is 19.1. The summed E-state index contributed by atoms with van der Waals surface area (Å²) >= 11 is 0. The van der Waals surface area contributed by atoms with Crippen molar-refractivity contribution in [3.63, 3.8) is 0 Å². The average molecular weight is 515 g/mol. The second kappa shape index (κ2) is 11.5. The Kier molecular flexibility index (Phi) is 9.66. The van der Waals surface area contributed by atoms with Crippen molar-refractivity contribution in [2.45, 2.75) is 49.3 Å². The molecule has 0 bridgehead atoms. The summed E-state index contributed by atoms with van der Waals surface area (Å²) in [7, 11) is -4.77. The maximum absolute atomic E-state index is 11.0. The second-order valence-electron chi connectivity index (χ2n) is 9.70. The smallest absolute Gasteiger partial charge is 0.125 e. The van der Waals surface area contributed by atoms with Crippen molar-refractivity contribution in [1.82, 2.24) is 0 Å². The third-order valence-electron chi connectivity index (χ3n) is 7.20. The number of hydrogen-bond donors (Lipinski definition) is 0. The molecule has 2 saturated heterocycles. The molecule has 0 amide bonds. The highest BCUT2D eigenvalue weighted by atomic mass is 32.2. The van der Waals surface area contributed by atoms with E-state index in [0.29, 0.717) is 0 Å². The van der Waals surface area contributed by atoms with E-state index in [0.717, 1.165) is 12.1 Å². The molecule has 0 aliphatic carbocycles. The summed E-state index contributed by atoms with van der Waals surface area (Å²) in [5.41, 5.74) is 0. The van der Waals surface area contributed by atoms with E-state index in [-0.39, 0.29) is 10.8 Å². The molecule has 4 rings (SSSR count). The van der Waals surface area contributed by atoms with Crippen LogP contribution in [0.1, 0.15) is 39.5 Å². The van der Waals surface area contributed by atoms with Gasteiger partial charge in [-0.25, -0.2) is 16.8 Å². The molecule has 0 spiro atoms. The summed E-state index contributed by atoms with van der Waals surface area (Å²) < 4.78 is 68.8. The van der Waals surface area contributed by atoms with Gasteiger partial charge in [0, 0.05) is 36.5 Å². The van der Waals surface area contributed by atoms with Crippen LogP contribution in [0.15, 0.2) is 46.2 Å². The van der Waals surface area contributed by atoms with E-state index in [1.807, 2.05) is 0 Å². The summed E-state index contributed by atoms with van der Waals surface area (Å²) in [6, 6.07) is 7.09.